The van der Waals surface area contributed by atoms with E-state index in [0.717, 1.165) is 13.0 Å². The van der Waals surface area contributed by atoms with Gasteiger partial charge in [0.2, 0.25) is 0 Å². The molecule has 1 atom stereocenters. The van der Waals surface area contributed by atoms with Crippen molar-refractivity contribution in [1.82, 2.24) is 10.3 Å². The molecule has 0 amide bonds. The first-order valence-corrected chi connectivity index (χ1v) is 8.83. The van der Waals surface area contributed by atoms with E-state index in [1.165, 1.54) is 36.1 Å². The molecule has 112 valence electrons. The van der Waals surface area contributed by atoms with Gasteiger partial charge < -0.3 is 5.32 Å². The molecule has 3 heteroatoms. The highest BCUT2D eigenvalue weighted by molar-refractivity contribution is 7.07. The Morgan fingerprint density at radius 2 is 2.19 bits per heavy atom. The fourth-order valence-corrected chi connectivity index (χ4v) is 4.07. The molecule has 1 unspecified atom stereocenters. The van der Waals surface area contributed by atoms with Gasteiger partial charge in [-0.2, -0.15) is 0 Å². The van der Waals surface area contributed by atoms with Gasteiger partial charge in [-0.15, -0.1) is 11.3 Å². The zero-order chi connectivity index (χ0) is 14.7. The minimum absolute atomic E-state index is 0.202. The Hall–Kier alpha value is -1.19. The van der Waals surface area contributed by atoms with E-state index in [9.17, 15) is 0 Å². The molecule has 2 aromatic rings. The summed E-state index contributed by atoms with van der Waals surface area (Å²) in [6.45, 7) is 5.50. The van der Waals surface area contributed by atoms with Crippen molar-refractivity contribution in [2.75, 3.05) is 6.54 Å². The SMILES string of the molecule is CC(C)NCC1(Cc2cscn2)CCCc2ccccc21. The zero-order valence-corrected chi connectivity index (χ0v) is 13.7. The number of fused-ring (bicyclic) bond motifs is 1. The predicted octanol–water partition coefficient (Wildman–Crippen LogP) is 3.96. The fourth-order valence-electron chi connectivity index (χ4n) is 3.51. The molecule has 1 aromatic heterocycles. The molecular weight excluding hydrogens is 276 g/mol. The predicted molar refractivity (Wildman–Crippen MR) is 90.0 cm³/mol. The second kappa shape index (κ2) is 6.29. The lowest BCUT2D eigenvalue weighted by Gasteiger charge is -2.40. The highest BCUT2D eigenvalue weighted by atomic mass is 32.1. The van der Waals surface area contributed by atoms with Crippen molar-refractivity contribution in [2.45, 2.75) is 51.0 Å². The number of rotatable bonds is 5. The Bertz CT molecular complexity index is 577. The fraction of sp³-hybridized carbons (Fsp3) is 0.500. The van der Waals surface area contributed by atoms with Crippen LogP contribution in [0.5, 0.6) is 0 Å². The van der Waals surface area contributed by atoms with Gasteiger partial charge in [0.05, 0.1) is 11.2 Å². The summed E-state index contributed by atoms with van der Waals surface area (Å²) in [5.41, 5.74) is 6.46. The molecule has 1 aliphatic rings. The third kappa shape index (κ3) is 3.19. The van der Waals surface area contributed by atoms with E-state index in [4.69, 9.17) is 0 Å². The van der Waals surface area contributed by atoms with E-state index in [-0.39, 0.29) is 5.41 Å². The molecule has 1 heterocycles. The first-order chi connectivity index (χ1) is 10.2. The number of hydrogen-bond acceptors (Lipinski definition) is 3. The maximum Gasteiger partial charge on any atom is 0.0794 e. The highest BCUT2D eigenvalue weighted by Gasteiger charge is 2.36. The van der Waals surface area contributed by atoms with Crippen LogP contribution < -0.4 is 5.32 Å². The van der Waals surface area contributed by atoms with Crippen molar-refractivity contribution in [3.05, 3.63) is 52.0 Å². The van der Waals surface area contributed by atoms with Crippen LogP contribution in [0, 0.1) is 0 Å². The van der Waals surface area contributed by atoms with E-state index >= 15 is 0 Å². The van der Waals surface area contributed by atoms with Crippen LogP contribution in [-0.2, 0) is 18.3 Å². The summed E-state index contributed by atoms with van der Waals surface area (Å²) >= 11 is 1.70. The van der Waals surface area contributed by atoms with Crippen LogP contribution in [0.25, 0.3) is 0 Å². The van der Waals surface area contributed by atoms with Crippen LogP contribution >= 0.6 is 11.3 Å². The van der Waals surface area contributed by atoms with Crippen molar-refractivity contribution >= 4 is 11.3 Å². The van der Waals surface area contributed by atoms with E-state index in [1.807, 2.05) is 5.51 Å². The Labute approximate surface area is 131 Å². The first kappa shape index (κ1) is 14.7. The number of nitrogens with zero attached hydrogens (tertiary/aromatic N) is 1. The van der Waals surface area contributed by atoms with Crippen molar-refractivity contribution in [3.8, 4) is 0 Å². The minimum Gasteiger partial charge on any atom is -0.314 e. The summed E-state index contributed by atoms with van der Waals surface area (Å²) in [6, 6.07) is 9.53. The van der Waals surface area contributed by atoms with Gasteiger partial charge in [0.25, 0.3) is 0 Å². The second-order valence-corrected chi connectivity index (χ2v) is 7.20. The number of hydrogen-bond donors (Lipinski definition) is 1. The smallest absolute Gasteiger partial charge is 0.0794 e. The first-order valence-electron chi connectivity index (χ1n) is 7.88. The standard InChI is InChI=1S/C18H24N2S/c1-14(2)19-12-18(10-16-11-21-13-20-16)9-5-7-15-6-3-4-8-17(15)18/h3-4,6,8,11,13-14,19H,5,7,9-10,12H2,1-2H3. The third-order valence-corrected chi connectivity index (χ3v) is 5.18. The molecule has 2 nitrogen and oxygen atoms in total. The molecule has 3 rings (SSSR count). The number of aryl methyl sites for hydroxylation is 1. The number of thiazole rings is 1. The van der Waals surface area contributed by atoms with Crippen molar-refractivity contribution < 1.29 is 0 Å². The summed E-state index contributed by atoms with van der Waals surface area (Å²) in [6.07, 6.45) is 4.80. The monoisotopic (exact) mass is 300 g/mol. The Balaban J connectivity index is 1.96. The highest BCUT2D eigenvalue weighted by Crippen LogP contribution is 2.39. The molecule has 1 aliphatic carbocycles. The van der Waals surface area contributed by atoms with Crippen LogP contribution in [0.15, 0.2) is 35.2 Å². The summed E-state index contributed by atoms with van der Waals surface area (Å²) < 4.78 is 0. The normalized spacial score (nSPS) is 21.5. The average Bonchev–Trinajstić information content (AvgIpc) is 2.98. The van der Waals surface area contributed by atoms with Gasteiger partial charge >= 0.3 is 0 Å². The molecule has 0 spiro atoms. The Morgan fingerprint density at radius 1 is 1.33 bits per heavy atom. The van der Waals surface area contributed by atoms with Crippen molar-refractivity contribution in [3.63, 3.8) is 0 Å². The molecule has 1 aromatic carbocycles. The Morgan fingerprint density at radius 3 is 2.95 bits per heavy atom. The summed E-state index contributed by atoms with van der Waals surface area (Å²) in [5.74, 6) is 0. The summed E-state index contributed by atoms with van der Waals surface area (Å²) in [5, 5.41) is 5.89. The van der Waals surface area contributed by atoms with E-state index in [0.29, 0.717) is 6.04 Å². The van der Waals surface area contributed by atoms with Crippen molar-refractivity contribution in [2.24, 2.45) is 0 Å². The molecule has 0 fully saturated rings. The lowest BCUT2D eigenvalue weighted by Crippen LogP contribution is -2.44. The van der Waals surface area contributed by atoms with E-state index < -0.39 is 0 Å². The molecule has 21 heavy (non-hydrogen) atoms. The molecule has 0 bridgehead atoms. The zero-order valence-electron chi connectivity index (χ0n) is 12.9. The van der Waals surface area contributed by atoms with Gasteiger partial charge in [-0.05, 0) is 30.4 Å². The van der Waals surface area contributed by atoms with Gasteiger partial charge in [-0.25, -0.2) is 4.98 Å². The number of benzene rings is 1. The van der Waals surface area contributed by atoms with Crippen LogP contribution in [0.4, 0.5) is 0 Å². The van der Waals surface area contributed by atoms with Gasteiger partial charge in [0.1, 0.15) is 0 Å². The van der Waals surface area contributed by atoms with Crippen LogP contribution in [0.2, 0.25) is 0 Å². The maximum atomic E-state index is 4.55. The summed E-state index contributed by atoms with van der Waals surface area (Å²) in [7, 11) is 0. The topological polar surface area (TPSA) is 24.9 Å². The number of aromatic nitrogens is 1. The molecule has 0 radical (unpaired) electrons. The molecule has 0 aliphatic heterocycles. The van der Waals surface area contributed by atoms with Crippen LogP contribution in [0.3, 0.4) is 0 Å². The van der Waals surface area contributed by atoms with Crippen LogP contribution in [0.1, 0.15) is 43.5 Å². The number of nitrogens with one attached hydrogen (secondary N) is 1. The minimum atomic E-state index is 0.202. The molecular formula is C18H24N2S. The lowest BCUT2D eigenvalue weighted by molar-refractivity contribution is 0.323. The largest absolute Gasteiger partial charge is 0.314 e. The van der Waals surface area contributed by atoms with Gasteiger partial charge in [0.15, 0.2) is 0 Å². The third-order valence-electron chi connectivity index (χ3n) is 4.54. The summed E-state index contributed by atoms with van der Waals surface area (Å²) in [4.78, 5) is 4.55. The molecule has 0 saturated carbocycles. The van der Waals surface area contributed by atoms with Gasteiger partial charge in [-0.3, -0.25) is 0 Å². The van der Waals surface area contributed by atoms with E-state index in [2.05, 4.69) is 53.8 Å². The quantitative estimate of drug-likeness (QED) is 0.904. The average molecular weight is 300 g/mol. The molecule has 0 saturated heterocycles. The second-order valence-electron chi connectivity index (χ2n) is 6.48. The molecule has 1 N–H and O–H groups in total. The van der Waals surface area contributed by atoms with Crippen molar-refractivity contribution in [1.29, 1.82) is 0 Å². The van der Waals surface area contributed by atoms with E-state index in [1.54, 1.807) is 11.3 Å². The maximum absolute atomic E-state index is 4.55. The lowest BCUT2D eigenvalue weighted by atomic mass is 9.67. The van der Waals surface area contributed by atoms with Crippen LogP contribution in [-0.4, -0.2) is 17.6 Å². The van der Waals surface area contributed by atoms with Gasteiger partial charge in [0, 0.05) is 29.8 Å². The van der Waals surface area contributed by atoms with Gasteiger partial charge in [-0.1, -0.05) is 38.1 Å². The Kier molecular flexibility index (Phi) is 4.41.